The van der Waals surface area contributed by atoms with Crippen LogP contribution in [0.3, 0.4) is 0 Å². The zero-order valence-corrected chi connectivity index (χ0v) is 11.8. The number of benzene rings is 2. The number of nitrogens with one attached hydrogen (secondary N) is 2. The number of ether oxygens (including phenoxy) is 1. The van der Waals surface area contributed by atoms with Crippen molar-refractivity contribution in [2.24, 2.45) is 5.10 Å². The lowest BCUT2D eigenvalue weighted by atomic mass is 10.2. The summed E-state index contributed by atoms with van der Waals surface area (Å²) in [6.07, 6.45) is 3.77. The number of hydrogen-bond donors (Lipinski definition) is 2. The molecule has 0 atom stereocenters. The highest BCUT2D eigenvalue weighted by Crippen LogP contribution is 2.22. The Morgan fingerprint density at radius 3 is 2.86 bits per heavy atom. The van der Waals surface area contributed by atoms with Crippen LogP contribution >= 0.6 is 0 Å². The molecular weight excluding hydrogens is 262 g/mol. The van der Waals surface area contributed by atoms with Crippen molar-refractivity contribution in [3.63, 3.8) is 0 Å². The molecule has 21 heavy (non-hydrogen) atoms. The van der Waals surface area contributed by atoms with Crippen LogP contribution in [0.2, 0.25) is 0 Å². The maximum atomic E-state index is 5.21. The SMILES string of the molecule is COc1ccc2c(/C=N/NCc3ccccc3)c[nH]c2c1. The molecule has 1 heterocycles. The van der Waals surface area contributed by atoms with Crippen molar-refractivity contribution in [2.45, 2.75) is 6.54 Å². The molecule has 4 heteroatoms. The van der Waals surface area contributed by atoms with Gasteiger partial charge >= 0.3 is 0 Å². The standard InChI is InChI=1S/C17H17N3O/c1-21-15-7-8-16-14(11-18-17(16)9-15)12-20-19-10-13-5-3-2-4-6-13/h2-9,11-12,18-19H,10H2,1H3/b20-12+. The molecule has 0 radical (unpaired) electrons. The first-order valence-corrected chi connectivity index (χ1v) is 6.82. The number of aromatic nitrogens is 1. The van der Waals surface area contributed by atoms with Crippen molar-refractivity contribution < 1.29 is 4.74 Å². The van der Waals surface area contributed by atoms with Gasteiger partial charge in [-0.2, -0.15) is 5.10 Å². The molecule has 0 aliphatic carbocycles. The summed E-state index contributed by atoms with van der Waals surface area (Å²) in [5.41, 5.74) is 6.35. The van der Waals surface area contributed by atoms with Gasteiger partial charge in [0.25, 0.3) is 0 Å². The smallest absolute Gasteiger partial charge is 0.120 e. The molecule has 0 bridgehead atoms. The molecule has 2 aromatic carbocycles. The van der Waals surface area contributed by atoms with Gasteiger partial charge in [-0.25, -0.2) is 0 Å². The monoisotopic (exact) mass is 279 g/mol. The number of fused-ring (bicyclic) bond motifs is 1. The Morgan fingerprint density at radius 2 is 2.05 bits per heavy atom. The number of hydrazone groups is 1. The minimum absolute atomic E-state index is 0.716. The highest BCUT2D eigenvalue weighted by Gasteiger charge is 2.02. The fraction of sp³-hybridized carbons (Fsp3) is 0.118. The molecule has 1 aromatic heterocycles. The fourth-order valence-electron chi connectivity index (χ4n) is 2.21. The third kappa shape index (κ3) is 3.05. The summed E-state index contributed by atoms with van der Waals surface area (Å²) >= 11 is 0. The van der Waals surface area contributed by atoms with E-state index in [1.54, 1.807) is 7.11 Å². The third-order valence-corrected chi connectivity index (χ3v) is 3.34. The van der Waals surface area contributed by atoms with Crippen molar-refractivity contribution in [1.82, 2.24) is 10.4 Å². The van der Waals surface area contributed by atoms with Gasteiger partial charge in [0, 0.05) is 28.7 Å². The van der Waals surface area contributed by atoms with Gasteiger partial charge in [0.2, 0.25) is 0 Å². The minimum atomic E-state index is 0.716. The van der Waals surface area contributed by atoms with E-state index in [0.717, 1.165) is 22.2 Å². The molecule has 0 fully saturated rings. The summed E-state index contributed by atoms with van der Waals surface area (Å²) < 4.78 is 5.21. The minimum Gasteiger partial charge on any atom is -0.497 e. The zero-order chi connectivity index (χ0) is 14.5. The molecule has 0 saturated carbocycles. The topological polar surface area (TPSA) is 49.4 Å². The number of rotatable bonds is 5. The summed E-state index contributed by atoms with van der Waals surface area (Å²) in [6, 6.07) is 16.1. The van der Waals surface area contributed by atoms with Crippen LogP contribution in [0.15, 0.2) is 59.8 Å². The molecule has 3 rings (SSSR count). The summed E-state index contributed by atoms with van der Waals surface area (Å²) in [6.45, 7) is 0.716. The van der Waals surface area contributed by atoms with Crippen molar-refractivity contribution >= 4 is 17.1 Å². The predicted octanol–water partition coefficient (Wildman–Crippen LogP) is 3.30. The summed E-state index contributed by atoms with van der Waals surface area (Å²) in [7, 11) is 1.67. The van der Waals surface area contributed by atoms with Gasteiger partial charge in [0.15, 0.2) is 0 Å². The van der Waals surface area contributed by atoms with E-state index in [0.29, 0.717) is 6.54 Å². The number of aromatic amines is 1. The van der Waals surface area contributed by atoms with Crippen LogP contribution in [0.4, 0.5) is 0 Å². The van der Waals surface area contributed by atoms with Crippen LogP contribution < -0.4 is 10.2 Å². The van der Waals surface area contributed by atoms with Gasteiger partial charge in [-0.05, 0) is 17.7 Å². The van der Waals surface area contributed by atoms with Crippen molar-refractivity contribution in [2.75, 3.05) is 7.11 Å². The molecule has 0 unspecified atom stereocenters. The fourth-order valence-corrected chi connectivity index (χ4v) is 2.21. The third-order valence-electron chi connectivity index (χ3n) is 3.34. The molecule has 0 aliphatic rings. The van der Waals surface area contributed by atoms with Crippen molar-refractivity contribution in [1.29, 1.82) is 0 Å². The molecule has 0 spiro atoms. The first-order valence-electron chi connectivity index (χ1n) is 6.82. The van der Waals surface area contributed by atoms with E-state index in [2.05, 4.69) is 27.6 Å². The first kappa shape index (κ1) is 13.2. The second-order valence-corrected chi connectivity index (χ2v) is 4.73. The zero-order valence-electron chi connectivity index (χ0n) is 11.8. The molecular formula is C17H17N3O. The lowest BCUT2D eigenvalue weighted by Gasteiger charge is -2.00. The van der Waals surface area contributed by atoms with Gasteiger partial charge in [0.05, 0.1) is 19.9 Å². The Labute approximate surface area is 123 Å². The normalized spacial score (nSPS) is 11.1. The predicted molar refractivity (Wildman–Crippen MR) is 85.7 cm³/mol. The Morgan fingerprint density at radius 1 is 1.19 bits per heavy atom. The van der Waals surface area contributed by atoms with E-state index in [1.165, 1.54) is 5.56 Å². The van der Waals surface area contributed by atoms with Crippen molar-refractivity contribution in [3.8, 4) is 5.75 Å². The van der Waals surface area contributed by atoms with Gasteiger partial charge < -0.3 is 15.1 Å². The lowest BCUT2D eigenvalue weighted by Crippen LogP contribution is -2.05. The Kier molecular flexibility index (Phi) is 3.87. The van der Waals surface area contributed by atoms with Crippen LogP contribution in [0.1, 0.15) is 11.1 Å². The molecule has 4 nitrogen and oxygen atoms in total. The molecule has 3 aromatic rings. The maximum absolute atomic E-state index is 5.21. The number of methoxy groups -OCH3 is 1. The van der Waals surface area contributed by atoms with Crippen LogP contribution in [0.5, 0.6) is 5.75 Å². The largest absolute Gasteiger partial charge is 0.497 e. The molecule has 2 N–H and O–H groups in total. The number of hydrogen-bond acceptors (Lipinski definition) is 3. The van der Waals surface area contributed by atoms with Crippen LogP contribution in [0, 0.1) is 0 Å². The maximum Gasteiger partial charge on any atom is 0.120 e. The van der Waals surface area contributed by atoms with E-state index in [9.17, 15) is 0 Å². The average Bonchev–Trinajstić information content (AvgIpc) is 2.95. The summed E-state index contributed by atoms with van der Waals surface area (Å²) in [5.74, 6) is 0.843. The Bertz CT molecular complexity index is 747. The number of nitrogens with zero attached hydrogens (tertiary/aromatic N) is 1. The molecule has 0 saturated heterocycles. The van der Waals surface area contributed by atoms with Gasteiger partial charge in [0.1, 0.15) is 5.75 Å². The lowest BCUT2D eigenvalue weighted by molar-refractivity contribution is 0.415. The van der Waals surface area contributed by atoms with E-state index >= 15 is 0 Å². The summed E-state index contributed by atoms with van der Waals surface area (Å²) in [5, 5.41) is 5.40. The summed E-state index contributed by atoms with van der Waals surface area (Å²) in [4.78, 5) is 3.22. The van der Waals surface area contributed by atoms with Crippen LogP contribution in [-0.2, 0) is 6.54 Å². The second-order valence-electron chi connectivity index (χ2n) is 4.73. The number of H-pyrrole nitrogens is 1. The van der Waals surface area contributed by atoms with Crippen LogP contribution in [-0.4, -0.2) is 18.3 Å². The highest BCUT2D eigenvalue weighted by molar-refractivity contribution is 5.99. The van der Waals surface area contributed by atoms with E-state index < -0.39 is 0 Å². The quantitative estimate of drug-likeness (QED) is 0.556. The Balaban J connectivity index is 1.68. The molecule has 0 aliphatic heterocycles. The van der Waals surface area contributed by atoms with E-state index in [-0.39, 0.29) is 0 Å². The van der Waals surface area contributed by atoms with Crippen LogP contribution in [0.25, 0.3) is 10.9 Å². The Hall–Kier alpha value is -2.75. The van der Waals surface area contributed by atoms with E-state index in [4.69, 9.17) is 4.74 Å². The van der Waals surface area contributed by atoms with E-state index in [1.807, 2.05) is 48.8 Å². The highest BCUT2D eigenvalue weighted by atomic mass is 16.5. The van der Waals surface area contributed by atoms with Gasteiger partial charge in [-0.15, -0.1) is 0 Å². The molecule has 106 valence electrons. The average molecular weight is 279 g/mol. The van der Waals surface area contributed by atoms with Crippen molar-refractivity contribution in [3.05, 3.63) is 65.9 Å². The second kappa shape index (κ2) is 6.13. The van der Waals surface area contributed by atoms with Gasteiger partial charge in [-0.1, -0.05) is 30.3 Å². The van der Waals surface area contributed by atoms with Gasteiger partial charge in [-0.3, -0.25) is 0 Å². The molecule has 0 amide bonds. The first-order chi connectivity index (χ1) is 10.4.